The molecule has 1 N–H and O–H groups in total. The summed E-state index contributed by atoms with van der Waals surface area (Å²) in [5.41, 5.74) is 0. The van der Waals surface area contributed by atoms with Crippen molar-refractivity contribution in [2.75, 3.05) is 18.5 Å². The number of imidazole rings is 1. The van der Waals surface area contributed by atoms with Crippen LogP contribution in [0, 0.1) is 0 Å². The van der Waals surface area contributed by atoms with E-state index in [2.05, 4.69) is 24.8 Å². The van der Waals surface area contributed by atoms with Gasteiger partial charge in [-0.3, -0.25) is 0 Å². The van der Waals surface area contributed by atoms with Gasteiger partial charge in [-0.25, -0.2) is 9.97 Å². The molecule has 0 aliphatic rings. The van der Waals surface area contributed by atoms with Crippen LogP contribution in [0.3, 0.4) is 0 Å². The smallest absolute Gasteiger partial charge is 0.218 e. The van der Waals surface area contributed by atoms with Crippen LogP contribution in [0.4, 0.5) is 5.82 Å². The topological polar surface area (TPSA) is 64.9 Å². The first kappa shape index (κ1) is 14.3. The zero-order valence-electron chi connectivity index (χ0n) is 12.0. The van der Waals surface area contributed by atoms with Gasteiger partial charge in [-0.2, -0.15) is 4.98 Å². The van der Waals surface area contributed by atoms with E-state index >= 15 is 0 Å². The van der Waals surface area contributed by atoms with Crippen LogP contribution in [0.5, 0.6) is 5.88 Å². The average Bonchev–Trinajstić information content (AvgIpc) is 2.97. The van der Waals surface area contributed by atoms with Gasteiger partial charge in [0.1, 0.15) is 11.6 Å². The molecule has 2 aromatic heterocycles. The Morgan fingerprint density at radius 2 is 2.20 bits per heavy atom. The number of ether oxygens (including phenoxy) is 1. The Kier molecular flexibility index (Phi) is 5.34. The van der Waals surface area contributed by atoms with Crippen LogP contribution in [0.2, 0.25) is 0 Å². The highest BCUT2D eigenvalue weighted by atomic mass is 16.5. The van der Waals surface area contributed by atoms with Gasteiger partial charge >= 0.3 is 0 Å². The second-order valence-corrected chi connectivity index (χ2v) is 4.38. The standard InChI is InChI=1S/C14H21N5O/c1-3-12-17-13(10-14(18-12)20-4-2)16-6-5-8-19-9-7-15-11-19/h7,9-11H,3-6,8H2,1-2H3,(H,16,17,18). The number of hydrogen-bond acceptors (Lipinski definition) is 5. The molecular weight excluding hydrogens is 254 g/mol. The number of aromatic nitrogens is 4. The Morgan fingerprint density at radius 3 is 2.90 bits per heavy atom. The molecule has 0 radical (unpaired) electrons. The quantitative estimate of drug-likeness (QED) is 0.748. The molecule has 0 aliphatic heterocycles. The van der Waals surface area contributed by atoms with Gasteiger partial charge in [0.2, 0.25) is 5.88 Å². The fourth-order valence-corrected chi connectivity index (χ4v) is 1.84. The van der Waals surface area contributed by atoms with E-state index in [9.17, 15) is 0 Å². The third-order valence-corrected chi connectivity index (χ3v) is 2.82. The monoisotopic (exact) mass is 275 g/mol. The lowest BCUT2D eigenvalue weighted by molar-refractivity contribution is 0.325. The lowest BCUT2D eigenvalue weighted by Gasteiger charge is -2.09. The Morgan fingerprint density at radius 1 is 1.30 bits per heavy atom. The van der Waals surface area contributed by atoms with Crippen molar-refractivity contribution >= 4 is 5.82 Å². The number of nitrogens with one attached hydrogen (secondary N) is 1. The molecule has 0 fully saturated rings. The Bertz CT molecular complexity index is 512. The normalized spacial score (nSPS) is 10.5. The average molecular weight is 275 g/mol. The van der Waals surface area contributed by atoms with Crippen LogP contribution in [0.15, 0.2) is 24.8 Å². The van der Waals surface area contributed by atoms with Gasteiger partial charge < -0.3 is 14.6 Å². The molecule has 0 aromatic carbocycles. The Hall–Kier alpha value is -2.11. The summed E-state index contributed by atoms with van der Waals surface area (Å²) in [6, 6.07) is 1.85. The van der Waals surface area contributed by atoms with Crippen LogP contribution < -0.4 is 10.1 Å². The van der Waals surface area contributed by atoms with Gasteiger partial charge in [-0.1, -0.05) is 6.92 Å². The summed E-state index contributed by atoms with van der Waals surface area (Å²) < 4.78 is 7.51. The lowest BCUT2D eigenvalue weighted by atomic mass is 10.4. The Labute approximate surface area is 119 Å². The van der Waals surface area contributed by atoms with Gasteiger partial charge in [0.15, 0.2) is 0 Å². The summed E-state index contributed by atoms with van der Waals surface area (Å²) in [4.78, 5) is 12.8. The number of hydrogen-bond donors (Lipinski definition) is 1. The molecule has 6 nitrogen and oxygen atoms in total. The van der Waals surface area contributed by atoms with E-state index in [4.69, 9.17) is 4.74 Å². The molecule has 2 heterocycles. The molecule has 0 bridgehead atoms. The van der Waals surface area contributed by atoms with Gasteiger partial charge in [-0.15, -0.1) is 0 Å². The number of anilines is 1. The van der Waals surface area contributed by atoms with Crippen molar-refractivity contribution < 1.29 is 4.74 Å². The van der Waals surface area contributed by atoms with E-state index in [0.29, 0.717) is 12.5 Å². The number of nitrogens with zero attached hydrogens (tertiary/aromatic N) is 4. The maximum absolute atomic E-state index is 5.45. The minimum atomic E-state index is 0.611. The second kappa shape index (κ2) is 7.47. The van der Waals surface area contributed by atoms with Crippen molar-refractivity contribution in [3.05, 3.63) is 30.6 Å². The highest BCUT2D eigenvalue weighted by molar-refractivity contribution is 5.38. The predicted octanol–water partition coefficient (Wildman–Crippen LogP) is 2.14. The van der Waals surface area contributed by atoms with E-state index in [0.717, 1.165) is 37.6 Å². The first-order valence-corrected chi connectivity index (χ1v) is 7.02. The van der Waals surface area contributed by atoms with Crippen LogP contribution in [0.25, 0.3) is 0 Å². The van der Waals surface area contributed by atoms with Gasteiger partial charge in [-0.05, 0) is 13.3 Å². The third kappa shape index (κ3) is 4.22. The minimum Gasteiger partial charge on any atom is -0.478 e. The third-order valence-electron chi connectivity index (χ3n) is 2.82. The highest BCUT2D eigenvalue weighted by Crippen LogP contribution is 2.14. The van der Waals surface area contributed by atoms with E-state index in [1.54, 1.807) is 6.20 Å². The molecule has 0 amide bonds. The first-order valence-electron chi connectivity index (χ1n) is 7.02. The van der Waals surface area contributed by atoms with Crippen molar-refractivity contribution in [2.24, 2.45) is 0 Å². The van der Waals surface area contributed by atoms with Crippen LogP contribution in [0.1, 0.15) is 26.1 Å². The molecule has 0 unspecified atom stereocenters. The molecule has 0 spiro atoms. The fourth-order valence-electron chi connectivity index (χ4n) is 1.84. The largest absolute Gasteiger partial charge is 0.478 e. The van der Waals surface area contributed by atoms with E-state index in [1.165, 1.54) is 0 Å². The van der Waals surface area contributed by atoms with Gasteiger partial charge in [0.05, 0.1) is 12.9 Å². The van der Waals surface area contributed by atoms with Crippen molar-refractivity contribution in [3.63, 3.8) is 0 Å². The van der Waals surface area contributed by atoms with Crippen molar-refractivity contribution in [2.45, 2.75) is 33.2 Å². The SMILES string of the molecule is CCOc1cc(NCCCn2ccnc2)nc(CC)n1. The molecule has 2 aromatic rings. The zero-order valence-corrected chi connectivity index (χ0v) is 12.0. The van der Waals surface area contributed by atoms with E-state index < -0.39 is 0 Å². The van der Waals surface area contributed by atoms with Gasteiger partial charge in [0, 0.05) is 38.0 Å². The van der Waals surface area contributed by atoms with Gasteiger partial charge in [0.25, 0.3) is 0 Å². The summed E-state index contributed by atoms with van der Waals surface area (Å²) in [5.74, 6) is 2.26. The summed E-state index contributed by atoms with van der Waals surface area (Å²) in [5, 5.41) is 3.32. The second-order valence-electron chi connectivity index (χ2n) is 4.38. The summed E-state index contributed by atoms with van der Waals surface area (Å²) >= 11 is 0. The van der Waals surface area contributed by atoms with E-state index in [-0.39, 0.29) is 0 Å². The maximum atomic E-state index is 5.45. The summed E-state index contributed by atoms with van der Waals surface area (Å²) in [6.45, 7) is 6.39. The predicted molar refractivity (Wildman–Crippen MR) is 77.9 cm³/mol. The molecule has 108 valence electrons. The molecule has 6 heteroatoms. The van der Waals surface area contributed by atoms with Crippen LogP contribution >= 0.6 is 0 Å². The maximum Gasteiger partial charge on any atom is 0.218 e. The van der Waals surface area contributed by atoms with Crippen LogP contribution in [-0.4, -0.2) is 32.7 Å². The Balaban J connectivity index is 1.86. The van der Waals surface area contributed by atoms with Crippen molar-refractivity contribution in [1.82, 2.24) is 19.5 Å². The fraction of sp³-hybridized carbons (Fsp3) is 0.500. The molecule has 0 aliphatic carbocycles. The zero-order chi connectivity index (χ0) is 14.2. The minimum absolute atomic E-state index is 0.611. The van der Waals surface area contributed by atoms with E-state index in [1.807, 2.05) is 32.4 Å². The number of rotatable bonds is 8. The molecule has 0 saturated carbocycles. The molecule has 2 rings (SSSR count). The van der Waals surface area contributed by atoms with Crippen LogP contribution in [-0.2, 0) is 13.0 Å². The number of aryl methyl sites for hydroxylation is 2. The molecule has 0 atom stereocenters. The molecular formula is C14H21N5O. The highest BCUT2D eigenvalue weighted by Gasteiger charge is 2.03. The molecule has 0 saturated heterocycles. The van der Waals surface area contributed by atoms with Crippen molar-refractivity contribution in [1.29, 1.82) is 0 Å². The summed E-state index contributed by atoms with van der Waals surface area (Å²) in [6.07, 6.45) is 7.39. The summed E-state index contributed by atoms with van der Waals surface area (Å²) in [7, 11) is 0. The first-order chi connectivity index (χ1) is 9.81. The van der Waals surface area contributed by atoms with Crippen molar-refractivity contribution in [3.8, 4) is 5.88 Å². The lowest BCUT2D eigenvalue weighted by Crippen LogP contribution is -2.09. The molecule has 20 heavy (non-hydrogen) atoms.